The Morgan fingerprint density at radius 3 is 2.62 bits per heavy atom. The lowest BCUT2D eigenvalue weighted by atomic mass is 10.2. The van der Waals surface area contributed by atoms with Crippen LogP contribution in [0, 0.1) is 0 Å². The molecule has 0 unspecified atom stereocenters. The number of nitrogens with two attached hydrogens (primary N) is 1. The van der Waals surface area contributed by atoms with E-state index in [4.69, 9.17) is 27.2 Å². The lowest BCUT2D eigenvalue weighted by molar-refractivity contribution is 0.0463. The molecule has 9 nitrogen and oxygen atoms in total. The summed E-state index contributed by atoms with van der Waals surface area (Å²) in [5.74, 6) is -0.149. The van der Waals surface area contributed by atoms with Gasteiger partial charge in [-0.3, -0.25) is 0 Å². The molecule has 2 aromatic carbocycles. The zero-order valence-corrected chi connectivity index (χ0v) is 16.1. The van der Waals surface area contributed by atoms with E-state index in [-0.39, 0.29) is 30.9 Å². The van der Waals surface area contributed by atoms with Crippen LogP contribution in [0.2, 0.25) is 5.02 Å². The molecule has 150 valence electrons. The first-order valence-corrected chi connectivity index (χ1v) is 9.07. The number of ether oxygens (including phenoxy) is 1. The molecule has 0 spiro atoms. The maximum atomic E-state index is 12.4. The van der Waals surface area contributed by atoms with E-state index in [1.807, 2.05) is 0 Å². The number of anilines is 4. The van der Waals surface area contributed by atoms with Gasteiger partial charge in [0.15, 0.2) is 12.4 Å². The number of carbonyl (C=O) groups is 1. The third-order valence-electron chi connectivity index (χ3n) is 3.71. The Hall–Kier alpha value is -3.43. The van der Waals surface area contributed by atoms with Gasteiger partial charge in [0.25, 0.3) is 0 Å². The van der Waals surface area contributed by atoms with Crippen molar-refractivity contribution in [3.63, 3.8) is 0 Å². The Morgan fingerprint density at radius 1 is 1.10 bits per heavy atom. The van der Waals surface area contributed by atoms with Crippen LogP contribution in [-0.2, 0) is 11.3 Å². The fraction of sp³-hybridized carbons (Fsp3) is 0.158. The second kappa shape index (κ2) is 9.67. The molecule has 0 radical (unpaired) electrons. The second-order valence-electron chi connectivity index (χ2n) is 5.84. The van der Waals surface area contributed by atoms with Gasteiger partial charge in [-0.05, 0) is 36.4 Å². The van der Waals surface area contributed by atoms with E-state index in [0.717, 1.165) is 0 Å². The first-order valence-electron chi connectivity index (χ1n) is 8.69. The number of rotatable bonds is 8. The van der Waals surface area contributed by atoms with Crippen molar-refractivity contribution in [1.29, 1.82) is 0 Å². The van der Waals surface area contributed by atoms with Gasteiger partial charge in [0.2, 0.25) is 11.9 Å². The normalized spacial score (nSPS) is 10.4. The van der Waals surface area contributed by atoms with Gasteiger partial charge < -0.3 is 26.2 Å². The quantitative estimate of drug-likeness (QED) is 0.410. The van der Waals surface area contributed by atoms with Crippen LogP contribution in [0.15, 0.2) is 48.5 Å². The summed E-state index contributed by atoms with van der Waals surface area (Å²) in [6.45, 7) is 0.0696. The molecule has 1 heterocycles. The summed E-state index contributed by atoms with van der Waals surface area (Å²) in [5.41, 5.74) is 7.35. The predicted octanol–water partition coefficient (Wildman–Crippen LogP) is 2.61. The van der Waals surface area contributed by atoms with Gasteiger partial charge in [-0.15, -0.1) is 0 Å². The summed E-state index contributed by atoms with van der Waals surface area (Å²) in [4.78, 5) is 24.7. The fourth-order valence-corrected chi connectivity index (χ4v) is 2.56. The van der Waals surface area contributed by atoms with Crippen molar-refractivity contribution in [2.45, 2.75) is 6.61 Å². The summed E-state index contributed by atoms with van der Waals surface area (Å²) in [6.07, 6.45) is 0. The zero-order valence-electron chi connectivity index (χ0n) is 15.3. The summed E-state index contributed by atoms with van der Waals surface area (Å²) in [6, 6.07) is 13.8. The lowest BCUT2D eigenvalue weighted by Crippen LogP contribution is -2.14. The molecular weight excluding hydrogens is 396 g/mol. The van der Waals surface area contributed by atoms with Crippen molar-refractivity contribution in [3.05, 3.63) is 64.9 Å². The van der Waals surface area contributed by atoms with E-state index in [1.54, 1.807) is 48.5 Å². The molecule has 0 atom stereocenters. The van der Waals surface area contributed by atoms with E-state index in [2.05, 4.69) is 25.6 Å². The number of para-hydroxylation sites is 1. The topological polar surface area (TPSA) is 135 Å². The van der Waals surface area contributed by atoms with Crippen LogP contribution in [0.1, 0.15) is 16.2 Å². The average molecular weight is 415 g/mol. The Balaban J connectivity index is 1.68. The number of nitrogen functional groups attached to an aromatic ring is 1. The van der Waals surface area contributed by atoms with E-state index in [9.17, 15) is 4.79 Å². The molecule has 0 fully saturated rings. The van der Waals surface area contributed by atoms with Crippen LogP contribution in [0.3, 0.4) is 0 Å². The molecule has 1 aromatic heterocycles. The molecule has 0 saturated heterocycles. The molecule has 10 heteroatoms. The highest BCUT2D eigenvalue weighted by molar-refractivity contribution is 6.30. The van der Waals surface area contributed by atoms with Crippen LogP contribution in [0.25, 0.3) is 0 Å². The third-order valence-corrected chi connectivity index (χ3v) is 3.96. The summed E-state index contributed by atoms with van der Waals surface area (Å²) in [5, 5.41) is 15.5. The number of aliphatic hydroxyl groups excluding tert-OH is 1. The summed E-state index contributed by atoms with van der Waals surface area (Å²) < 4.78 is 5.32. The molecule has 0 amide bonds. The van der Waals surface area contributed by atoms with Gasteiger partial charge in [0, 0.05) is 22.9 Å². The minimum atomic E-state index is -0.558. The second-order valence-corrected chi connectivity index (χ2v) is 6.27. The number of hydrogen-bond acceptors (Lipinski definition) is 9. The summed E-state index contributed by atoms with van der Waals surface area (Å²) >= 11 is 5.87. The largest absolute Gasteiger partial charge is 0.454 e. The highest BCUT2D eigenvalue weighted by Crippen LogP contribution is 2.18. The molecule has 3 aromatic rings. The molecule has 0 aliphatic rings. The summed E-state index contributed by atoms with van der Waals surface area (Å²) in [7, 11) is 0. The van der Waals surface area contributed by atoms with Gasteiger partial charge >= 0.3 is 5.97 Å². The highest BCUT2D eigenvalue weighted by Gasteiger charge is 2.14. The number of nitrogens with zero attached hydrogens (tertiary/aromatic N) is 3. The van der Waals surface area contributed by atoms with Crippen molar-refractivity contribution in [2.24, 2.45) is 0 Å². The van der Waals surface area contributed by atoms with Crippen molar-refractivity contribution >= 4 is 40.8 Å². The Kier molecular flexibility index (Phi) is 6.77. The van der Waals surface area contributed by atoms with Gasteiger partial charge in [-0.1, -0.05) is 23.7 Å². The number of halogens is 1. The van der Waals surface area contributed by atoms with E-state index < -0.39 is 5.97 Å². The molecule has 3 rings (SSSR count). The Labute approximate surface area is 171 Å². The van der Waals surface area contributed by atoms with E-state index >= 15 is 0 Å². The number of hydrogen-bond donors (Lipinski definition) is 4. The van der Waals surface area contributed by atoms with Crippen molar-refractivity contribution in [1.82, 2.24) is 15.0 Å². The number of nitrogens with one attached hydrogen (secondary N) is 2. The SMILES string of the molecule is Nc1nc(COC(=O)c2ccccc2NCCO)nc(Nc2ccc(Cl)cc2)n1. The van der Waals surface area contributed by atoms with Crippen LogP contribution in [-0.4, -0.2) is 39.2 Å². The average Bonchev–Trinajstić information content (AvgIpc) is 2.72. The number of aromatic nitrogens is 3. The number of carbonyl (C=O) groups excluding carboxylic acids is 1. The number of benzene rings is 2. The first-order chi connectivity index (χ1) is 14.0. The smallest absolute Gasteiger partial charge is 0.340 e. The van der Waals surface area contributed by atoms with Crippen molar-refractivity contribution < 1.29 is 14.6 Å². The zero-order chi connectivity index (χ0) is 20.6. The van der Waals surface area contributed by atoms with E-state index in [0.29, 0.717) is 28.5 Å². The van der Waals surface area contributed by atoms with Crippen LogP contribution < -0.4 is 16.4 Å². The minimum absolute atomic E-state index is 0.00692. The van der Waals surface area contributed by atoms with Crippen molar-refractivity contribution in [3.8, 4) is 0 Å². The Morgan fingerprint density at radius 2 is 1.86 bits per heavy atom. The standard InChI is InChI=1S/C19H19ClN6O3/c20-12-5-7-13(8-6-12)23-19-25-16(24-18(21)26-19)11-29-17(28)14-3-1-2-4-15(14)22-9-10-27/h1-8,22,27H,9-11H2,(H3,21,23,24,25,26). The van der Waals surface area contributed by atoms with Crippen LogP contribution >= 0.6 is 11.6 Å². The number of esters is 1. The minimum Gasteiger partial charge on any atom is -0.454 e. The van der Waals surface area contributed by atoms with Gasteiger partial charge in [-0.2, -0.15) is 15.0 Å². The van der Waals surface area contributed by atoms with Gasteiger partial charge in [0.1, 0.15) is 0 Å². The molecule has 0 saturated carbocycles. The maximum absolute atomic E-state index is 12.4. The molecule has 0 aliphatic heterocycles. The monoisotopic (exact) mass is 414 g/mol. The molecule has 5 N–H and O–H groups in total. The van der Waals surface area contributed by atoms with Crippen molar-refractivity contribution in [2.75, 3.05) is 29.5 Å². The highest BCUT2D eigenvalue weighted by atomic mass is 35.5. The molecular formula is C19H19ClN6O3. The molecule has 0 bridgehead atoms. The van der Waals surface area contributed by atoms with Crippen LogP contribution in [0.5, 0.6) is 0 Å². The predicted molar refractivity (Wildman–Crippen MR) is 110 cm³/mol. The van der Waals surface area contributed by atoms with Gasteiger partial charge in [-0.25, -0.2) is 4.79 Å². The number of aliphatic hydroxyl groups is 1. The Bertz CT molecular complexity index is 984. The third kappa shape index (κ3) is 5.77. The van der Waals surface area contributed by atoms with E-state index in [1.165, 1.54) is 0 Å². The fourth-order valence-electron chi connectivity index (χ4n) is 2.43. The molecule has 29 heavy (non-hydrogen) atoms. The molecule has 0 aliphatic carbocycles. The van der Waals surface area contributed by atoms with Crippen LogP contribution in [0.4, 0.5) is 23.3 Å². The maximum Gasteiger partial charge on any atom is 0.340 e. The van der Waals surface area contributed by atoms with Gasteiger partial charge in [0.05, 0.1) is 12.2 Å². The lowest BCUT2D eigenvalue weighted by Gasteiger charge is -2.11. The first kappa shape index (κ1) is 20.3.